The summed E-state index contributed by atoms with van der Waals surface area (Å²) in [6.07, 6.45) is 3.41. The van der Waals surface area contributed by atoms with Crippen molar-refractivity contribution in [2.24, 2.45) is 5.10 Å². The Morgan fingerprint density at radius 3 is 2.52 bits per heavy atom. The molecule has 0 aliphatic carbocycles. The Kier molecular flexibility index (Phi) is 5.83. The molecule has 0 bridgehead atoms. The molecule has 11 heteroatoms. The summed E-state index contributed by atoms with van der Waals surface area (Å²) in [7, 11) is 0. The van der Waals surface area contributed by atoms with Gasteiger partial charge in [0.25, 0.3) is 0 Å². The summed E-state index contributed by atoms with van der Waals surface area (Å²) in [5, 5.41) is 28.2. The average molecular weight is 420 g/mol. The molecule has 3 N–H and O–H groups in total. The highest BCUT2D eigenvalue weighted by Crippen LogP contribution is 2.28. The molecule has 4 rings (SSSR count). The summed E-state index contributed by atoms with van der Waals surface area (Å²) in [6.45, 7) is 1.72. The molecule has 0 spiro atoms. The Bertz CT molecular complexity index is 1100. The normalized spacial score (nSPS) is 13.5. The third-order valence-electron chi connectivity index (χ3n) is 4.65. The van der Waals surface area contributed by atoms with Crippen molar-refractivity contribution < 1.29 is 10.0 Å². The first kappa shape index (κ1) is 20.0. The quantitative estimate of drug-likeness (QED) is 0.298. The zero-order valence-corrected chi connectivity index (χ0v) is 16.5. The van der Waals surface area contributed by atoms with Gasteiger partial charge < -0.3 is 15.3 Å². The topological polar surface area (TPSA) is 142 Å². The lowest BCUT2D eigenvalue weighted by molar-refractivity contribution is -0.385. The summed E-state index contributed by atoms with van der Waals surface area (Å²) in [5.74, 6) is 0.634. The van der Waals surface area contributed by atoms with Crippen LogP contribution in [0.1, 0.15) is 18.4 Å². The first-order valence-corrected chi connectivity index (χ1v) is 9.69. The van der Waals surface area contributed by atoms with Gasteiger partial charge in [-0.3, -0.25) is 10.1 Å². The molecular weight excluding hydrogens is 400 g/mol. The van der Waals surface area contributed by atoms with Crippen LogP contribution in [-0.4, -0.2) is 44.3 Å². The van der Waals surface area contributed by atoms with Crippen molar-refractivity contribution in [2.75, 3.05) is 28.7 Å². The molecular formula is C20H20N8O3. The van der Waals surface area contributed by atoms with Crippen molar-refractivity contribution >= 4 is 35.4 Å². The molecule has 31 heavy (non-hydrogen) atoms. The average Bonchev–Trinajstić information content (AvgIpc) is 3.30. The lowest BCUT2D eigenvalue weighted by Crippen LogP contribution is -2.21. The molecule has 2 heterocycles. The molecule has 1 fully saturated rings. The molecule has 1 aliphatic heterocycles. The fraction of sp³-hybridized carbons (Fsp3) is 0.200. The molecule has 0 amide bonds. The minimum absolute atomic E-state index is 0.193. The molecule has 0 atom stereocenters. The fourth-order valence-electron chi connectivity index (χ4n) is 3.14. The van der Waals surface area contributed by atoms with Crippen LogP contribution in [0, 0.1) is 10.1 Å². The van der Waals surface area contributed by atoms with E-state index < -0.39 is 16.4 Å². The number of nitrogens with zero attached hydrogens (tertiary/aromatic N) is 6. The van der Waals surface area contributed by atoms with Crippen molar-refractivity contribution in [3.8, 4) is 5.75 Å². The lowest BCUT2D eigenvalue weighted by Gasteiger charge is -2.16. The number of anilines is 4. The van der Waals surface area contributed by atoms with Crippen molar-refractivity contribution in [1.82, 2.24) is 15.0 Å². The molecule has 11 nitrogen and oxygen atoms in total. The van der Waals surface area contributed by atoms with Crippen LogP contribution in [0.3, 0.4) is 0 Å². The number of hydrazone groups is 1. The van der Waals surface area contributed by atoms with E-state index in [2.05, 4.69) is 35.7 Å². The van der Waals surface area contributed by atoms with Gasteiger partial charge in [0.15, 0.2) is 0 Å². The van der Waals surface area contributed by atoms with Crippen molar-refractivity contribution in [1.29, 1.82) is 0 Å². The number of nitro benzene ring substituents is 1. The third kappa shape index (κ3) is 4.83. The monoisotopic (exact) mass is 420 g/mol. The summed E-state index contributed by atoms with van der Waals surface area (Å²) >= 11 is 0. The molecule has 2 aromatic carbocycles. The van der Waals surface area contributed by atoms with Crippen LogP contribution in [0.25, 0.3) is 0 Å². The van der Waals surface area contributed by atoms with E-state index in [-0.39, 0.29) is 11.5 Å². The number of aromatic nitrogens is 3. The molecule has 0 unspecified atom stereocenters. The first-order chi connectivity index (χ1) is 15.1. The van der Waals surface area contributed by atoms with E-state index in [1.165, 1.54) is 24.4 Å². The van der Waals surface area contributed by atoms with Crippen LogP contribution in [0.15, 0.2) is 53.6 Å². The van der Waals surface area contributed by atoms with Gasteiger partial charge in [0, 0.05) is 30.4 Å². The number of nitrogens with one attached hydrogen (secondary N) is 2. The largest absolute Gasteiger partial charge is 0.502 e. The van der Waals surface area contributed by atoms with Gasteiger partial charge in [-0.15, -0.1) is 0 Å². The zero-order chi connectivity index (χ0) is 21.6. The second kappa shape index (κ2) is 9.03. The van der Waals surface area contributed by atoms with Crippen LogP contribution in [-0.2, 0) is 0 Å². The van der Waals surface area contributed by atoms with Crippen LogP contribution >= 0.6 is 0 Å². The molecule has 0 saturated carbocycles. The maximum Gasteiger partial charge on any atom is 0.311 e. The highest BCUT2D eigenvalue weighted by Gasteiger charge is 2.18. The van der Waals surface area contributed by atoms with Crippen molar-refractivity contribution in [2.45, 2.75) is 12.8 Å². The van der Waals surface area contributed by atoms with Crippen LogP contribution in [0.2, 0.25) is 0 Å². The smallest absolute Gasteiger partial charge is 0.311 e. The summed E-state index contributed by atoms with van der Waals surface area (Å²) in [6, 6.07) is 13.7. The number of phenolic OH excluding ortho intramolecular Hbond substituents is 1. The second-order valence-electron chi connectivity index (χ2n) is 6.81. The Labute approximate surface area is 177 Å². The van der Waals surface area contributed by atoms with Gasteiger partial charge in [0.1, 0.15) is 0 Å². The van der Waals surface area contributed by atoms with Gasteiger partial charge in [-0.25, -0.2) is 5.43 Å². The summed E-state index contributed by atoms with van der Waals surface area (Å²) in [4.78, 5) is 25.7. The van der Waals surface area contributed by atoms with Gasteiger partial charge in [0.2, 0.25) is 23.6 Å². The predicted octanol–water partition coefficient (Wildman–Crippen LogP) is 3.28. The van der Waals surface area contributed by atoms with Crippen molar-refractivity contribution in [3.05, 3.63) is 64.2 Å². The first-order valence-electron chi connectivity index (χ1n) is 9.69. The highest BCUT2D eigenvalue weighted by molar-refractivity contribution is 5.85. The third-order valence-corrected chi connectivity index (χ3v) is 4.65. The highest BCUT2D eigenvalue weighted by atomic mass is 16.6. The SMILES string of the molecule is O=[N+]([O-])c1cccc(C=NNc2nc(Nc3ccccc3)nc(N3CCCC3)n2)c1O. The van der Waals surface area contributed by atoms with Gasteiger partial charge >= 0.3 is 5.69 Å². The number of nitro groups is 1. The molecule has 1 aliphatic rings. The minimum atomic E-state index is -0.657. The van der Waals surface area contributed by atoms with E-state index in [0.29, 0.717) is 11.9 Å². The molecule has 0 radical (unpaired) electrons. The molecule has 1 aromatic heterocycles. The zero-order valence-electron chi connectivity index (χ0n) is 16.5. The maximum atomic E-state index is 11.0. The number of para-hydroxylation sites is 2. The number of benzene rings is 2. The van der Waals surface area contributed by atoms with Crippen LogP contribution < -0.4 is 15.6 Å². The van der Waals surface area contributed by atoms with E-state index in [0.717, 1.165) is 31.6 Å². The Morgan fingerprint density at radius 2 is 1.77 bits per heavy atom. The number of rotatable bonds is 7. The van der Waals surface area contributed by atoms with Gasteiger partial charge in [-0.05, 0) is 31.0 Å². The van der Waals surface area contributed by atoms with Gasteiger partial charge in [0.05, 0.1) is 11.1 Å². The second-order valence-corrected chi connectivity index (χ2v) is 6.81. The summed E-state index contributed by atoms with van der Waals surface area (Å²) < 4.78 is 0. The van der Waals surface area contributed by atoms with Gasteiger partial charge in [-0.2, -0.15) is 20.1 Å². The standard InChI is InChI=1S/C20H20N8O3/c29-17-14(7-6-10-16(17)28(30)31)13-21-26-19-23-18(22-15-8-2-1-3-9-15)24-20(25-19)27-11-4-5-12-27/h1-3,6-10,13,29H,4-5,11-12H2,(H2,22,23,24,25,26). The lowest BCUT2D eigenvalue weighted by atomic mass is 10.2. The maximum absolute atomic E-state index is 11.0. The van der Waals surface area contributed by atoms with Crippen molar-refractivity contribution in [3.63, 3.8) is 0 Å². The minimum Gasteiger partial charge on any atom is -0.502 e. The Hall–Kier alpha value is -4.28. The van der Waals surface area contributed by atoms with E-state index in [9.17, 15) is 15.2 Å². The fourth-order valence-corrected chi connectivity index (χ4v) is 3.14. The number of phenols is 1. The number of aromatic hydroxyl groups is 1. The van der Waals surface area contributed by atoms with E-state index in [1.54, 1.807) is 0 Å². The van der Waals surface area contributed by atoms with E-state index >= 15 is 0 Å². The Morgan fingerprint density at radius 1 is 1.03 bits per heavy atom. The van der Waals surface area contributed by atoms with Gasteiger partial charge in [-0.1, -0.05) is 24.3 Å². The predicted molar refractivity (Wildman–Crippen MR) is 117 cm³/mol. The molecule has 1 saturated heterocycles. The molecule has 3 aromatic rings. The van der Waals surface area contributed by atoms with E-state index in [1.807, 2.05) is 30.3 Å². The summed E-state index contributed by atoms with van der Waals surface area (Å²) in [5.41, 5.74) is 3.35. The van der Waals surface area contributed by atoms with E-state index in [4.69, 9.17) is 0 Å². The number of hydrogen-bond donors (Lipinski definition) is 3. The number of hydrogen-bond acceptors (Lipinski definition) is 10. The van der Waals surface area contributed by atoms with Crippen LogP contribution in [0.4, 0.5) is 29.2 Å². The molecule has 158 valence electrons. The van der Waals surface area contributed by atoms with Crippen LogP contribution in [0.5, 0.6) is 5.75 Å². The Balaban J connectivity index is 1.57.